The molecule has 0 spiro atoms. The number of alkyl halides is 1. The second-order valence-corrected chi connectivity index (χ2v) is 7.01. The summed E-state index contributed by atoms with van der Waals surface area (Å²) in [6, 6.07) is 10.6. The molecule has 0 N–H and O–H groups in total. The van der Waals surface area contributed by atoms with Gasteiger partial charge in [0, 0.05) is 5.33 Å². The summed E-state index contributed by atoms with van der Waals surface area (Å²) in [4.78, 5) is 0. The van der Waals surface area contributed by atoms with E-state index in [1.54, 1.807) is 0 Å². The Hall–Kier alpha value is -0.320. The highest BCUT2D eigenvalue weighted by Crippen LogP contribution is 2.36. The summed E-state index contributed by atoms with van der Waals surface area (Å²) >= 11 is 10.6. The van der Waals surface area contributed by atoms with Crippen molar-refractivity contribution in [2.75, 3.05) is 0 Å². The molecule has 0 unspecified atom stereocenters. The predicted molar refractivity (Wildman–Crippen MR) is 94.7 cm³/mol. The van der Waals surface area contributed by atoms with Gasteiger partial charge in [-0.3, -0.25) is 0 Å². The molecule has 0 aliphatic carbocycles. The molecule has 0 saturated heterocycles. The van der Waals surface area contributed by atoms with Crippen LogP contribution in [0.3, 0.4) is 0 Å². The molecule has 2 aromatic rings. The molecule has 0 bridgehead atoms. The van der Waals surface area contributed by atoms with Crippen LogP contribution < -0.4 is 4.74 Å². The fraction of sp³-hybridized carbons (Fsp3) is 0.250. The second-order valence-electron chi connectivity index (χ2n) is 4.74. The Labute approximate surface area is 145 Å². The van der Waals surface area contributed by atoms with Crippen molar-refractivity contribution in [3.8, 4) is 5.75 Å². The van der Waals surface area contributed by atoms with Crippen molar-refractivity contribution < 1.29 is 4.74 Å². The lowest BCUT2D eigenvalue weighted by Crippen LogP contribution is -2.00. The quantitative estimate of drug-likeness (QED) is 0.484. The molecular weight excluding hydrogens is 448 g/mol. The van der Waals surface area contributed by atoms with Crippen molar-refractivity contribution >= 4 is 47.8 Å². The lowest BCUT2D eigenvalue weighted by atomic mass is 10.1. The van der Waals surface area contributed by atoms with Crippen LogP contribution in [0.1, 0.15) is 22.3 Å². The summed E-state index contributed by atoms with van der Waals surface area (Å²) in [7, 11) is 0. The van der Waals surface area contributed by atoms with Crippen LogP contribution in [0, 0.1) is 13.8 Å². The Morgan fingerprint density at radius 1 is 1.00 bits per heavy atom. The second kappa shape index (κ2) is 7.10. The minimum atomic E-state index is 0.568. The summed E-state index contributed by atoms with van der Waals surface area (Å²) in [5, 5.41) is 0.821. The standard InChI is InChI=1S/C16H15Br3O/c1-10-3-4-11(2)13(5-10)9-20-16-14(18)6-12(8-17)7-15(16)19/h3-7H,8-9H2,1-2H3. The molecule has 0 heterocycles. The maximum absolute atomic E-state index is 5.98. The Balaban J connectivity index is 2.21. The molecule has 0 saturated carbocycles. The Morgan fingerprint density at radius 3 is 2.25 bits per heavy atom. The zero-order valence-corrected chi connectivity index (χ0v) is 16.1. The van der Waals surface area contributed by atoms with E-state index in [0.717, 1.165) is 20.0 Å². The summed E-state index contributed by atoms with van der Waals surface area (Å²) in [6.45, 7) is 4.77. The van der Waals surface area contributed by atoms with Gasteiger partial charge in [0.1, 0.15) is 12.4 Å². The van der Waals surface area contributed by atoms with Gasteiger partial charge in [-0.1, -0.05) is 39.7 Å². The van der Waals surface area contributed by atoms with Gasteiger partial charge in [-0.15, -0.1) is 0 Å². The first-order valence-electron chi connectivity index (χ1n) is 6.24. The van der Waals surface area contributed by atoms with Crippen LogP contribution in [0.15, 0.2) is 39.3 Å². The molecule has 0 fully saturated rings. The van der Waals surface area contributed by atoms with Gasteiger partial charge in [0.25, 0.3) is 0 Å². The van der Waals surface area contributed by atoms with Gasteiger partial charge in [-0.05, 0) is 74.5 Å². The monoisotopic (exact) mass is 460 g/mol. The number of rotatable bonds is 4. The number of hydrogen-bond acceptors (Lipinski definition) is 1. The van der Waals surface area contributed by atoms with E-state index in [1.165, 1.54) is 22.3 Å². The van der Waals surface area contributed by atoms with Gasteiger partial charge < -0.3 is 4.74 Å². The lowest BCUT2D eigenvalue weighted by Gasteiger charge is -2.13. The van der Waals surface area contributed by atoms with E-state index >= 15 is 0 Å². The van der Waals surface area contributed by atoms with Gasteiger partial charge in [-0.25, -0.2) is 0 Å². The van der Waals surface area contributed by atoms with E-state index in [9.17, 15) is 0 Å². The molecule has 1 nitrogen and oxygen atoms in total. The van der Waals surface area contributed by atoms with E-state index < -0.39 is 0 Å². The molecule has 4 heteroatoms. The van der Waals surface area contributed by atoms with Crippen molar-refractivity contribution in [3.05, 3.63) is 61.5 Å². The van der Waals surface area contributed by atoms with Crippen LogP contribution in [-0.4, -0.2) is 0 Å². The third-order valence-corrected chi connectivity index (χ3v) is 4.91. The maximum Gasteiger partial charge on any atom is 0.148 e. The third-order valence-electron chi connectivity index (χ3n) is 3.09. The highest BCUT2D eigenvalue weighted by atomic mass is 79.9. The first-order valence-corrected chi connectivity index (χ1v) is 8.95. The Kier molecular flexibility index (Phi) is 5.70. The minimum Gasteiger partial charge on any atom is -0.487 e. The minimum absolute atomic E-state index is 0.568. The van der Waals surface area contributed by atoms with Gasteiger partial charge in [0.05, 0.1) is 8.95 Å². The highest BCUT2D eigenvalue weighted by molar-refractivity contribution is 9.11. The van der Waals surface area contributed by atoms with Crippen LogP contribution in [-0.2, 0) is 11.9 Å². The van der Waals surface area contributed by atoms with Gasteiger partial charge in [0.2, 0.25) is 0 Å². The SMILES string of the molecule is Cc1ccc(C)c(COc2c(Br)cc(CBr)cc2Br)c1. The molecule has 0 amide bonds. The molecular formula is C16H15Br3O. The molecule has 0 atom stereocenters. The normalized spacial score (nSPS) is 10.7. The molecule has 0 aliphatic rings. The maximum atomic E-state index is 5.98. The van der Waals surface area contributed by atoms with E-state index in [-0.39, 0.29) is 0 Å². The molecule has 0 aliphatic heterocycles. The zero-order valence-electron chi connectivity index (χ0n) is 11.3. The average molecular weight is 463 g/mol. The smallest absolute Gasteiger partial charge is 0.148 e. The summed E-state index contributed by atoms with van der Waals surface area (Å²) < 4.78 is 7.91. The van der Waals surface area contributed by atoms with E-state index in [4.69, 9.17) is 4.74 Å². The van der Waals surface area contributed by atoms with E-state index in [1.807, 2.05) is 0 Å². The van der Waals surface area contributed by atoms with Crippen LogP contribution in [0.5, 0.6) is 5.75 Å². The number of benzene rings is 2. The van der Waals surface area contributed by atoms with Crippen molar-refractivity contribution in [2.24, 2.45) is 0 Å². The predicted octanol–water partition coefficient (Wildman–Crippen LogP) is 6.30. The number of aryl methyl sites for hydroxylation is 2. The van der Waals surface area contributed by atoms with E-state index in [0.29, 0.717) is 6.61 Å². The van der Waals surface area contributed by atoms with E-state index in [2.05, 4.69) is 92.0 Å². The van der Waals surface area contributed by atoms with Crippen LogP contribution in [0.25, 0.3) is 0 Å². The van der Waals surface area contributed by atoms with Crippen LogP contribution >= 0.6 is 47.8 Å². The van der Waals surface area contributed by atoms with Crippen LogP contribution in [0.4, 0.5) is 0 Å². The average Bonchev–Trinajstić information content (AvgIpc) is 2.41. The summed E-state index contributed by atoms with van der Waals surface area (Å²) in [5.74, 6) is 0.843. The molecule has 2 aromatic carbocycles. The van der Waals surface area contributed by atoms with Crippen molar-refractivity contribution in [1.29, 1.82) is 0 Å². The molecule has 2 rings (SSSR count). The molecule has 0 aromatic heterocycles. The molecule has 0 radical (unpaired) electrons. The zero-order chi connectivity index (χ0) is 14.7. The van der Waals surface area contributed by atoms with Gasteiger partial charge in [-0.2, -0.15) is 0 Å². The lowest BCUT2D eigenvalue weighted by molar-refractivity contribution is 0.301. The number of halogens is 3. The third kappa shape index (κ3) is 3.86. The fourth-order valence-electron chi connectivity index (χ4n) is 1.93. The van der Waals surface area contributed by atoms with Crippen molar-refractivity contribution in [1.82, 2.24) is 0 Å². The Bertz CT molecular complexity index is 600. The first-order chi connectivity index (χ1) is 9.51. The van der Waals surface area contributed by atoms with Crippen molar-refractivity contribution in [3.63, 3.8) is 0 Å². The summed E-state index contributed by atoms with van der Waals surface area (Å²) in [6.07, 6.45) is 0. The van der Waals surface area contributed by atoms with Gasteiger partial charge >= 0.3 is 0 Å². The van der Waals surface area contributed by atoms with Crippen LogP contribution in [0.2, 0.25) is 0 Å². The molecule has 106 valence electrons. The van der Waals surface area contributed by atoms with Gasteiger partial charge in [0.15, 0.2) is 0 Å². The fourth-order valence-corrected chi connectivity index (χ4v) is 3.77. The number of hydrogen-bond donors (Lipinski definition) is 0. The Morgan fingerprint density at radius 2 is 1.65 bits per heavy atom. The number of ether oxygens (including phenoxy) is 1. The van der Waals surface area contributed by atoms with Crippen molar-refractivity contribution in [2.45, 2.75) is 25.8 Å². The summed E-state index contributed by atoms with van der Waals surface area (Å²) in [5.41, 5.74) is 4.91. The first kappa shape index (κ1) is 16.1. The highest BCUT2D eigenvalue weighted by Gasteiger charge is 2.10. The largest absolute Gasteiger partial charge is 0.487 e. The molecule has 20 heavy (non-hydrogen) atoms. The topological polar surface area (TPSA) is 9.23 Å².